The van der Waals surface area contributed by atoms with Crippen molar-refractivity contribution in [1.29, 1.82) is 0 Å². The van der Waals surface area contributed by atoms with E-state index in [2.05, 4.69) is 5.10 Å². The van der Waals surface area contributed by atoms with Gasteiger partial charge in [-0.15, -0.1) is 0 Å². The number of nitrogens with two attached hydrogens (primary N) is 1. The molecule has 2 aromatic carbocycles. The Morgan fingerprint density at radius 1 is 1.24 bits per heavy atom. The Hall–Kier alpha value is -2.66. The highest BCUT2D eigenvalue weighted by molar-refractivity contribution is 6.30. The molecule has 1 amide bonds. The number of carbonyl (C=O) groups excluding carboxylic acids is 1. The smallest absolute Gasteiger partial charge is 0.248 e. The molecule has 25 heavy (non-hydrogen) atoms. The van der Waals surface area contributed by atoms with Gasteiger partial charge in [-0.1, -0.05) is 17.7 Å². The van der Waals surface area contributed by atoms with Crippen LogP contribution >= 0.6 is 11.6 Å². The lowest BCUT2D eigenvalue weighted by atomic mass is 10.0. The van der Waals surface area contributed by atoms with Crippen LogP contribution in [0.2, 0.25) is 5.02 Å². The van der Waals surface area contributed by atoms with Gasteiger partial charge in [0.15, 0.2) is 0 Å². The Morgan fingerprint density at radius 2 is 2.00 bits per heavy atom. The highest BCUT2D eigenvalue weighted by Gasteiger charge is 2.12. The first-order valence-electron chi connectivity index (χ1n) is 7.72. The number of hydrogen-bond acceptors (Lipinski definition) is 2. The van der Waals surface area contributed by atoms with Crippen molar-refractivity contribution in [3.8, 4) is 11.3 Å². The van der Waals surface area contributed by atoms with Gasteiger partial charge in [0.2, 0.25) is 5.91 Å². The van der Waals surface area contributed by atoms with Gasteiger partial charge in [0.05, 0.1) is 11.4 Å². The summed E-state index contributed by atoms with van der Waals surface area (Å²) in [4.78, 5) is 11.4. The quantitative estimate of drug-likeness (QED) is 0.770. The van der Waals surface area contributed by atoms with E-state index in [9.17, 15) is 9.18 Å². The molecule has 4 nitrogen and oxygen atoms in total. The molecule has 6 heteroatoms. The average Bonchev–Trinajstić information content (AvgIpc) is 2.86. The third kappa shape index (κ3) is 3.72. The van der Waals surface area contributed by atoms with Crippen LogP contribution in [0.15, 0.2) is 42.5 Å². The van der Waals surface area contributed by atoms with E-state index in [0.717, 1.165) is 28.1 Å². The van der Waals surface area contributed by atoms with E-state index in [1.54, 1.807) is 16.8 Å². The Kier molecular flexibility index (Phi) is 4.59. The monoisotopic (exact) mass is 357 g/mol. The predicted octanol–water partition coefficient (Wildman–Crippen LogP) is 3.88. The van der Waals surface area contributed by atoms with Gasteiger partial charge in [0.25, 0.3) is 0 Å². The Balaban J connectivity index is 1.92. The second-order valence-electron chi connectivity index (χ2n) is 5.99. The largest absolute Gasteiger partial charge is 0.366 e. The zero-order valence-electron chi connectivity index (χ0n) is 13.9. The van der Waals surface area contributed by atoms with E-state index in [0.29, 0.717) is 17.0 Å². The van der Waals surface area contributed by atoms with Crippen molar-refractivity contribution in [2.24, 2.45) is 12.8 Å². The topological polar surface area (TPSA) is 60.9 Å². The summed E-state index contributed by atoms with van der Waals surface area (Å²) >= 11 is 5.90. The molecule has 1 heterocycles. The Morgan fingerprint density at radius 3 is 2.64 bits per heavy atom. The summed E-state index contributed by atoms with van der Waals surface area (Å²) in [5.74, 6) is -0.811. The summed E-state index contributed by atoms with van der Waals surface area (Å²) in [6.45, 7) is 1.84. The van der Waals surface area contributed by atoms with Crippen LogP contribution in [0.25, 0.3) is 11.3 Å². The summed E-state index contributed by atoms with van der Waals surface area (Å²) in [6, 6.07) is 11.9. The third-order valence-electron chi connectivity index (χ3n) is 4.03. The van der Waals surface area contributed by atoms with Gasteiger partial charge in [-0.2, -0.15) is 5.10 Å². The minimum atomic E-state index is -0.447. The molecule has 0 spiro atoms. The average molecular weight is 358 g/mol. The Bertz CT molecular complexity index is 945. The molecule has 0 unspecified atom stereocenters. The summed E-state index contributed by atoms with van der Waals surface area (Å²) in [5, 5.41) is 4.85. The first-order chi connectivity index (χ1) is 11.8. The highest BCUT2D eigenvalue weighted by atomic mass is 35.5. The second kappa shape index (κ2) is 6.69. The van der Waals surface area contributed by atoms with E-state index in [1.165, 1.54) is 12.1 Å². The van der Waals surface area contributed by atoms with Gasteiger partial charge in [-0.05, 0) is 54.4 Å². The van der Waals surface area contributed by atoms with Crippen LogP contribution < -0.4 is 5.73 Å². The minimum absolute atomic E-state index is 0.365. The normalized spacial score (nSPS) is 10.9. The molecule has 3 rings (SSSR count). The SMILES string of the molecule is Cc1cc(-c2cc(Cc3cc(F)cc(Cl)c3)nn2C)ccc1C(N)=O. The fraction of sp³-hybridized carbons (Fsp3) is 0.158. The predicted molar refractivity (Wildman–Crippen MR) is 96.1 cm³/mol. The van der Waals surface area contributed by atoms with Crippen molar-refractivity contribution >= 4 is 17.5 Å². The molecule has 0 saturated carbocycles. The van der Waals surface area contributed by atoms with Crippen LogP contribution in [0.1, 0.15) is 27.2 Å². The molecule has 0 saturated heterocycles. The van der Waals surface area contributed by atoms with E-state index in [1.807, 2.05) is 32.2 Å². The van der Waals surface area contributed by atoms with Crippen LogP contribution in [0, 0.1) is 12.7 Å². The van der Waals surface area contributed by atoms with Gasteiger partial charge in [-0.25, -0.2) is 4.39 Å². The van der Waals surface area contributed by atoms with Crippen molar-refractivity contribution in [2.75, 3.05) is 0 Å². The molecule has 0 radical (unpaired) electrons. The van der Waals surface area contributed by atoms with Crippen molar-refractivity contribution in [1.82, 2.24) is 9.78 Å². The maximum atomic E-state index is 13.5. The number of rotatable bonds is 4. The molecule has 0 aliphatic heterocycles. The molecule has 1 aromatic heterocycles. The van der Waals surface area contributed by atoms with Gasteiger partial charge < -0.3 is 5.73 Å². The van der Waals surface area contributed by atoms with Crippen molar-refractivity contribution in [3.05, 3.63) is 75.7 Å². The lowest BCUT2D eigenvalue weighted by Crippen LogP contribution is -2.12. The van der Waals surface area contributed by atoms with Gasteiger partial charge in [0, 0.05) is 29.6 Å². The number of aryl methyl sites for hydroxylation is 2. The number of carbonyl (C=O) groups is 1. The number of primary amides is 1. The molecule has 0 bridgehead atoms. The van der Waals surface area contributed by atoms with E-state index in [4.69, 9.17) is 17.3 Å². The maximum Gasteiger partial charge on any atom is 0.248 e. The maximum absolute atomic E-state index is 13.5. The first-order valence-corrected chi connectivity index (χ1v) is 8.10. The van der Waals surface area contributed by atoms with Crippen LogP contribution in [0.5, 0.6) is 0 Å². The molecule has 2 N–H and O–H groups in total. The number of aromatic nitrogens is 2. The molecular weight excluding hydrogens is 341 g/mol. The molecule has 0 aliphatic rings. The highest BCUT2D eigenvalue weighted by Crippen LogP contribution is 2.24. The minimum Gasteiger partial charge on any atom is -0.366 e. The molecule has 3 aromatic rings. The second-order valence-corrected chi connectivity index (χ2v) is 6.43. The lowest BCUT2D eigenvalue weighted by Gasteiger charge is -2.06. The van der Waals surface area contributed by atoms with E-state index < -0.39 is 5.91 Å². The van der Waals surface area contributed by atoms with Gasteiger partial charge >= 0.3 is 0 Å². The van der Waals surface area contributed by atoms with Gasteiger partial charge in [0.1, 0.15) is 5.82 Å². The van der Waals surface area contributed by atoms with E-state index >= 15 is 0 Å². The summed E-state index contributed by atoms with van der Waals surface area (Å²) < 4.78 is 15.2. The van der Waals surface area contributed by atoms with Crippen LogP contribution in [0.3, 0.4) is 0 Å². The molecular formula is C19H17ClFN3O. The summed E-state index contributed by atoms with van der Waals surface area (Å²) in [6.07, 6.45) is 0.476. The van der Waals surface area contributed by atoms with Crippen LogP contribution in [-0.4, -0.2) is 15.7 Å². The standard InChI is InChI=1S/C19H17ClFN3O/c1-11-5-13(3-4-17(11)19(22)25)18-10-16(23-24(18)2)8-12-6-14(20)9-15(21)7-12/h3-7,9-10H,8H2,1-2H3,(H2,22,25). The third-order valence-corrected chi connectivity index (χ3v) is 4.24. The van der Waals surface area contributed by atoms with Crippen molar-refractivity contribution < 1.29 is 9.18 Å². The van der Waals surface area contributed by atoms with Crippen molar-refractivity contribution in [3.63, 3.8) is 0 Å². The van der Waals surface area contributed by atoms with Crippen molar-refractivity contribution in [2.45, 2.75) is 13.3 Å². The fourth-order valence-corrected chi connectivity index (χ4v) is 3.15. The molecule has 128 valence electrons. The fourth-order valence-electron chi connectivity index (χ4n) is 2.90. The van der Waals surface area contributed by atoms with Crippen LogP contribution in [0.4, 0.5) is 4.39 Å². The number of halogens is 2. The first kappa shape index (κ1) is 17.2. The zero-order chi connectivity index (χ0) is 18.1. The summed E-state index contributed by atoms with van der Waals surface area (Å²) in [7, 11) is 1.84. The van der Waals surface area contributed by atoms with Crippen LogP contribution in [-0.2, 0) is 13.5 Å². The van der Waals surface area contributed by atoms with E-state index in [-0.39, 0.29) is 5.82 Å². The number of benzene rings is 2. The summed E-state index contributed by atoms with van der Waals surface area (Å²) in [5.41, 5.74) is 10.1. The molecule has 0 atom stereocenters. The number of hydrogen-bond donors (Lipinski definition) is 1. The molecule has 0 fully saturated rings. The van der Waals surface area contributed by atoms with Gasteiger partial charge in [-0.3, -0.25) is 9.48 Å². The zero-order valence-corrected chi connectivity index (χ0v) is 14.6. The number of nitrogens with zero attached hydrogens (tertiary/aromatic N) is 2. The molecule has 0 aliphatic carbocycles. The number of amides is 1. The Labute approximate surface area is 150 Å². The lowest BCUT2D eigenvalue weighted by molar-refractivity contribution is 0.0999.